The average Bonchev–Trinajstić information content (AvgIpc) is 2.79. The zero-order valence-corrected chi connectivity index (χ0v) is 12.6. The number of unbranched alkanes of at least 4 members (excludes halogenated alkanes) is 1. The first-order valence-electron chi connectivity index (χ1n) is 7.46. The Balaban J connectivity index is 1.91. The number of hydrogen-bond acceptors (Lipinski definition) is 5. The van der Waals surface area contributed by atoms with E-state index < -0.39 is 5.60 Å². The zero-order chi connectivity index (χ0) is 15.3. The smallest absolute Gasteiger partial charge is 0.310 e. The van der Waals surface area contributed by atoms with Gasteiger partial charge in [-0.1, -0.05) is 25.8 Å². The number of ketones is 1. The summed E-state index contributed by atoms with van der Waals surface area (Å²) in [4.78, 5) is 28.3. The van der Waals surface area contributed by atoms with E-state index in [9.17, 15) is 9.59 Å². The number of carbonyl (C=O) groups is 2. The van der Waals surface area contributed by atoms with Crippen molar-refractivity contribution in [2.45, 2.75) is 45.1 Å². The van der Waals surface area contributed by atoms with Gasteiger partial charge in [0.2, 0.25) is 0 Å². The van der Waals surface area contributed by atoms with Crippen molar-refractivity contribution in [2.75, 3.05) is 11.9 Å². The van der Waals surface area contributed by atoms with Crippen molar-refractivity contribution < 1.29 is 14.3 Å². The summed E-state index contributed by atoms with van der Waals surface area (Å²) in [6, 6.07) is 5.45. The highest BCUT2D eigenvalue weighted by Gasteiger charge is 2.47. The molecule has 1 aromatic rings. The van der Waals surface area contributed by atoms with Crippen molar-refractivity contribution in [3.63, 3.8) is 0 Å². The van der Waals surface area contributed by atoms with E-state index in [1.165, 1.54) is 0 Å². The Hall–Kier alpha value is -1.91. The first kappa shape index (κ1) is 15.5. The molecule has 0 amide bonds. The zero-order valence-electron chi connectivity index (χ0n) is 12.6. The molecular weight excluding hydrogens is 268 g/mol. The molecule has 1 saturated heterocycles. The number of Topliss-reactive ketones (excluding diaryl/α,β-unsaturated/α-hetero) is 1. The van der Waals surface area contributed by atoms with Crippen LogP contribution in [0, 0.1) is 5.92 Å². The minimum atomic E-state index is -1.00. The molecule has 21 heavy (non-hydrogen) atoms. The van der Waals surface area contributed by atoms with E-state index in [0.29, 0.717) is 12.2 Å². The van der Waals surface area contributed by atoms with Crippen molar-refractivity contribution in [3.05, 3.63) is 24.4 Å². The summed E-state index contributed by atoms with van der Waals surface area (Å²) in [6.45, 7) is 3.90. The van der Waals surface area contributed by atoms with Crippen LogP contribution >= 0.6 is 0 Å². The Morgan fingerprint density at radius 2 is 2.33 bits per heavy atom. The van der Waals surface area contributed by atoms with Crippen LogP contribution in [0.2, 0.25) is 0 Å². The van der Waals surface area contributed by atoms with Crippen LogP contribution in [0.25, 0.3) is 0 Å². The standard InChI is InChI=1S/C16H22N2O3/c1-3-4-7-12-10-16(2,21-15(12)20)13(19)11-18-14-8-5-6-9-17-14/h5-6,8-9,12H,3-4,7,10-11H2,1-2H3,(H,17,18)/t12-,16+/m1/s1. The maximum atomic E-state index is 12.3. The van der Waals surface area contributed by atoms with Crippen molar-refractivity contribution in [2.24, 2.45) is 5.92 Å². The molecule has 0 unspecified atom stereocenters. The van der Waals surface area contributed by atoms with Crippen LogP contribution in [0.1, 0.15) is 39.5 Å². The number of cyclic esters (lactones) is 1. The number of nitrogens with one attached hydrogen (secondary N) is 1. The number of anilines is 1. The fourth-order valence-corrected chi connectivity index (χ4v) is 2.57. The molecule has 1 aliphatic rings. The lowest BCUT2D eigenvalue weighted by Crippen LogP contribution is -2.39. The van der Waals surface area contributed by atoms with Crippen molar-refractivity contribution in [1.82, 2.24) is 4.98 Å². The molecule has 114 valence electrons. The first-order valence-corrected chi connectivity index (χ1v) is 7.46. The van der Waals surface area contributed by atoms with Crippen LogP contribution < -0.4 is 5.32 Å². The highest BCUT2D eigenvalue weighted by Crippen LogP contribution is 2.34. The van der Waals surface area contributed by atoms with E-state index in [-0.39, 0.29) is 24.2 Å². The highest BCUT2D eigenvalue weighted by molar-refractivity contribution is 5.94. The lowest BCUT2D eigenvalue weighted by atomic mass is 9.89. The van der Waals surface area contributed by atoms with Crippen molar-refractivity contribution >= 4 is 17.6 Å². The number of ether oxygens (including phenoxy) is 1. The van der Waals surface area contributed by atoms with Crippen LogP contribution in [0.5, 0.6) is 0 Å². The van der Waals surface area contributed by atoms with Gasteiger partial charge in [-0.2, -0.15) is 0 Å². The topological polar surface area (TPSA) is 68.3 Å². The van der Waals surface area contributed by atoms with E-state index in [0.717, 1.165) is 19.3 Å². The summed E-state index contributed by atoms with van der Waals surface area (Å²) in [5.74, 6) is 0.146. The molecule has 5 heteroatoms. The van der Waals surface area contributed by atoms with Gasteiger partial charge in [-0.3, -0.25) is 9.59 Å². The van der Waals surface area contributed by atoms with Crippen LogP contribution in [-0.2, 0) is 14.3 Å². The molecule has 2 rings (SSSR count). The molecule has 1 fully saturated rings. The Morgan fingerprint density at radius 1 is 1.52 bits per heavy atom. The molecule has 1 aliphatic heterocycles. The monoisotopic (exact) mass is 290 g/mol. The van der Waals surface area contributed by atoms with Gasteiger partial charge in [-0.25, -0.2) is 4.98 Å². The van der Waals surface area contributed by atoms with Gasteiger partial charge in [0.25, 0.3) is 0 Å². The largest absolute Gasteiger partial charge is 0.451 e. The van der Waals surface area contributed by atoms with Gasteiger partial charge in [0, 0.05) is 12.6 Å². The number of nitrogens with zero attached hydrogens (tertiary/aromatic N) is 1. The van der Waals surface area contributed by atoms with Crippen LogP contribution in [0.15, 0.2) is 24.4 Å². The third-order valence-corrected chi connectivity index (χ3v) is 3.89. The molecule has 0 aliphatic carbocycles. The van der Waals surface area contributed by atoms with Gasteiger partial charge in [-0.15, -0.1) is 0 Å². The maximum Gasteiger partial charge on any atom is 0.310 e. The number of esters is 1. The Morgan fingerprint density at radius 3 is 3.00 bits per heavy atom. The molecule has 2 heterocycles. The highest BCUT2D eigenvalue weighted by atomic mass is 16.6. The SMILES string of the molecule is CCCC[C@@H]1C[C@@](C)(C(=O)CNc2ccccn2)OC1=O. The molecule has 1 aromatic heterocycles. The molecule has 1 N–H and O–H groups in total. The predicted octanol–water partition coefficient (Wildman–Crippen LogP) is 2.57. The number of carbonyl (C=O) groups excluding carboxylic acids is 2. The summed E-state index contributed by atoms with van der Waals surface area (Å²) in [6.07, 6.45) is 4.96. The third-order valence-electron chi connectivity index (χ3n) is 3.89. The van der Waals surface area contributed by atoms with Crippen LogP contribution in [0.4, 0.5) is 5.82 Å². The summed E-state index contributed by atoms with van der Waals surface area (Å²) < 4.78 is 5.36. The molecule has 0 spiro atoms. The van der Waals surface area contributed by atoms with Gasteiger partial charge in [0.05, 0.1) is 12.5 Å². The van der Waals surface area contributed by atoms with Gasteiger partial charge < -0.3 is 10.1 Å². The first-order chi connectivity index (χ1) is 10.0. The summed E-state index contributed by atoms with van der Waals surface area (Å²) in [5, 5.41) is 2.97. The minimum Gasteiger partial charge on any atom is -0.451 e. The van der Waals surface area contributed by atoms with E-state index >= 15 is 0 Å². The second-order valence-electron chi connectivity index (χ2n) is 5.69. The quantitative estimate of drug-likeness (QED) is 0.782. The summed E-state index contributed by atoms with van der Waals surface area (Å²) >= 11 is 0. The van der Waals surface area contributed by atoms with Crippen LogP contribution in [0.3, 0.4) is 0 Å². The number of pyridine rings is 1. The average molecular weight is 290 g/mol. The molecule has 2 atom stereocenters. The second kappa shape index (κ2) is 6.70. The van der Waals surface area contributed by atoms with E-state index in [1.807, 2.05) is 12.1 Å². The van der Waals surface area contributed by atoms with E-state index in [2.05, 4.69) is 17.2 Å². The third kappa shape index (κ3) is 3.80. The van der Waals surface area contributed by atoms with Crippen LogP contribution in [-0.4, -0.2) is 28.9 Å². The van der Waals surface area contributed by atoms with Gasteiger partial charge in [0.15, 0.2) is 11.4 Å². The minimum absolute atomic E-state index is 0.111. The fraction of sp³-hybridized carbons (Fsp3) is 0.562. The lowest BCUT2D eigenvalue weighted by molar-refractivity contribution is -0.156. The Bertz CT molecular complexity index is 504. The fourth-order valence-electron chi connectivity index (χ4n) is 2.57. The molecule has 5 nitrogen and oxygen atoms in total. The summed E-state index contributed by atoms with van der Waals surface area (Å²) in [7, 11) is 0. The van der Waals surface area contributed by atoms with Gasteiger partial charge >= 0.3 is 5.97 Å². The van der Waals surface area contributed by atoms with Gasteiger partial charge in [-0.05, 0) is 25.5 Å². The Kier molecular flexibility index (Phi) is 4.94. The second-order valence-corrected chi connectivity index (χ2v) is 5.69. The van der Waals surface area contributed by atoms with Gasteiger partial charge in [0.1, 0.15) is 5.82 Å². The normalized spacial score (nSPS) is 24.7. The number of hydrogen-bond donors (Lipinski definition) is 1. The summed E-state index contributed by atoms with van der Waals surface area (Å²) in [5.41, 5.74) is -1.00. The predicted molar refractivity (Wildman–Crippen MR) is 79.9 cm³/mol. The van der Waals surface area contributed by atoms with E-state index in [4.69, 9.17) is 4.74 Å². The molecular formula is C16H22N2O3. The van der Waals surface area contributed by atoms with Crippen molar-refractivity contribution in [3.8, 4) is 0 Å². The molecule has 0 saturated carbocycles. The number of aromatic nitrogens is 1. The van der Waals surface area contributed by atoms with Crippen molar-refractivity contribution in [1.29, 1.82) is 0 Å². The van der Waals surface area contributed by atoms with E-state index in [1.54, 1.807) is 19.2 Å². The molecule has 0 radical (unpaired) electrons. The number of rotatable bonds is 7. The molecule has 0 aromatic carbocycles. The Labute approximate surface area is 125 Å². The molecule has 0 bridgehead atoms. The lowest BCUT2D eigenvalue weighted by Gasteiger charge is -2.21. The maximum absolute atomic E-state index is 12.3.